The van der Waals surface area contributed by atoms with E-state index < -0.39 is 0 Å². The first-order chi connectivity index (χ1) is 9.27. The van der Waals surface area contributed by atoms with E-state index in [4.69, 9.17) is 17.4 Å². The molecule has 19 heavy (non-hydrogen) atoms. The molecule has 1 aromatic rings. The maximum absolute atomic E-state index is 8.69. The summed E-state index contributed by atoms with van der Waals surface area (Å²) in [6.45, 7) is 0.861. The number of nitrogens with two attached hydrogens (primary N) is 1. The maximum atomic E-state index is 8.69. The van der Waals surface area contributed by atoms with Crippen LogP contribution in [0.1, 0.15) is 37.3 Å². The van der Waals surface area contributed by atoms with E-state index in [9.17, 15) is 0 Å². The molecule has 0 aliphatic heterocycles. The summed E-state index contributed by atoms with van der Waals surface area (Å²) < 4.78 is 0. The zero-order valence-electron chi connectivity index (χ0n) is 11.0. The molecule has 4 nitrogen and oxygen atoms in total. The van der Waals surface area contributed by atoms with Crippen molar-refractivity contribution in [3.63, 3.8) is 0 Å². The number of rotatable bonds is 8. The Labute approximate surface area is 114 Å². The van der Waals surface area contributed by atoms with Gasteiger partial charge in [-0.15, -0.1) is 12.3 Å². The van der Waals surface area contributed by atoms with Crippen molar-refractivity contribution in [3.05, 3.63) is 35.9 Å². The summed E-state index contributed by atoms with van der Waals surface area (Å²) in [5.74, 6) is 2.86. The largest absolute Gasteiger partial charge is 0.409 e. The highest BCUT2D eigenvalue weighted by molar-refractivity contribution is 5.80. The minimum absolute atomic E-state index is 0.0583. The average Bonchev–Trinajstić information content (AvgIpc) is 2.46. The van der Waals surface area contributed by atoms with Crippen LogP contribution in [0.4, 0.5) is 0 Å². The molecule has 1 aromatic carbocycles. The molecule has 4 heteroatoms. The van der Waals surface area contributed by atoms with Gasteiger partial charge in [0.1, 0.15) is 5.84 Å². The molecular formula is C15H21N3O. The van der Waals surface area contributed by atoms with Gasteiger partial charge < -0.3 is 16.3 Å². The Bertz CT molecular complexity index is 423. The molecule has 4 N–H and O–H groups in total. The van der Waals surface area contributed by atoms with Gasteiger partial charge in [-0.05, 0) is 24.9 Å². The number of hydrogen-bond acceptors (Lipinski definition) is 3. The summed E-state index contributed by atoms with van der Waals surface area (Å²) in [5.41, 5.74) is 6.73. The van der Waals surface area contributed by atoms with Gasteiger partial charge in [-0.25, -0.2) is 0 Å². The van der Waals surface area contributed by atoms with E-state index in [-0.39, 0.29) is 11.9 Å². The van der Waals surface area contributed by atoms with Crippen LogP contribution >= 0.6 is 0 Å². The van der Waals surface area contributed by atoms with E-state index >= 15 is 0 Å². The zero-order valence-corrected chi connectivity index (χ0v) is 11.0. The Hall–Kier alpha value is -1.99. The second kappa shape index (κ2) is 9.01. The predicted molar refractivity (Wildman–Crippen MR) is 77.9 cm³/mol. The molecule has 0 radical (unpaired) electrons. The zero-order chi connectivity index (χ0) is 13.9. The first kappa shape index (κ1) is 15.1. The Balaban J connectivity index is 2.53. The third-order valence-corrected chi connectivity index (χ3v) is 2.88. The molecule has 0 aliphatic carbocycles. The lowest BCUT2D eigenvalue weighted by Gasteiger charge is -2.18. The second-order valence-corrected chi connectivity index (χ2v) is 4.37. The number of nitrogens with zero attached hydrogens (tertiary/aromatic N) is 1. The van der Waals surface area contributed by atoms with Crippen LogP contribution in [0.3, 0.4) is 0 Å². The fourth-order valence-electron chi connectivity index (χ4n) is 1.87. The smallest absolute Gasteiger partial charge is 0.141 e. The van der Waals surface area contributed by atoms with E-state index in [0.29, 0.717) is 6.42 Å². The molecule has 1 unspecified atom stereocenters. The molecule has 102 valence electrons. The van der Waals surface area contributed by atoms with Crippen LogP contribution in [0.5, 0.6) is 0 Å². The molecule has 1 atom stereocenters. The highest BCUT2D eigenvalue weighted by Gasteiger charge is 2.12. The van der Waals surface area contributed by atoms with Crippen molar-refractivity contribution in [1.82, 2.24) is 5.32 Å². The van der Waals surface area contributed by atoms with Gasteiger partial charge in [-0.1, -0.05) is 35.5 Å². The van der Waals surface area contributed by atoms with Crippen molar-refractivity contribution in [1.29, 1.82) is 0 Å². The molecule has 0 fully saturated rings. The Morgan fingerprint density at radius 3 is 2.74 bits per heavy atom. The molecule has 0 saturated carbocycles. The Kier molecular flexibility index (Phi) is 7.14. The Morgan fingerprint density at radius 2 is 2.11 bits per heavy atom. The molecule has 1 rings (SSSR count). The van der Waals surface area contributed by atoms with Gasteiger partial charge in [0.2, 0.25) is 0 Å². The van der Waals surface area contributed by atoms with Crippen molar-refractivity contribution >= 4 is 5.84 Å². The van der Waals surface area contributed by atoms with Crippen LogP contribution in [0.25, 0.3) is 0 Å². The SMILES string of the molecule is C#CCCCCNC(C/C(N)=N\O)c1ccccc1. The van der Waals surface area contributed by atoms with Crippen molar-refractivity contribution < 1.29 is 5.21 Å². The van der Waals surface area contributed by atoms with Gasteiger partial charge in [0.05, 0.1) is 0 Å². The monoisotopic (exact) mass is 259 g/mol. The van der Waals surface area contributed by atoms with Crippen LogP contribution in [0, 0.1) is 12.3 Å². The number of unbranched alkanes of at least 4 members (excludes halogenated alkanes) is 2. The molecule has 0 saturated heterocycles. The molecule has 0 bridgehead atoms. The first-order valence-electron chi connectivity index (χ1n) is 6.46. The molecule has 0 amide bonds. The maximum Gasteiger partial charge on any atom is 0.141 e. The summed E-state index contributed by atoms with van der Waals surface area (Å²) in [6, 6.07) is 10.1. The van der Waals surface area contributed by atoms with Gasteiger partial charge in [-0.3, -0.25) is 0 Å². The Morgan fingerprint density at radius 1 is 1.37 bits per heavy atom. The fraction of sp³-hybridized carbons (Fsp3) is 0.400. The van der Waals surface area contributed by atoms with E-state index in [1.807, 2.05) is 30.3 Å². The molecule has 0 heterocycles. The van der Waals surface area contributed by atoms with Gasteiger partial charge in [0.25, 0.3) is 0 Å². The highest BCUT2D eigenvalue weighted by atomic mass is 16.4. The van der Waals surface area contributed by atoms with Crippen molar-refractivity contribution in [2.24, 2.45) is 10.9 Å². The normalized spacial score (nSPS) is 12.9. The minimum atomic E-state index is 0.0583. The first-order valence-corrected chi connectivity index (χ1v) is 6.46. The second-order valence-electron chi connectivity index (χ2n) is 4.37. The van der Waals surface area contributed by atoms with Crippen molar-refractivity contribution in [3.8, 4) is 12.3 Å². The number of hydrogen-bond donors (Lipinski definition) is 3. The molecular weight excluding hydrogens is 238 g/mol. The summed E-state index contributed by atoms with van der Waals surface area (Å²) in [7, 11) is 0. The number of oxime groups is 1. The van der Waals surface area contributed by atoms with Crippen LogP contribution < -0.4 is 11.1 Å². The number of amidine groups is 1. The summed E-state index contributed by atoms with van der Waals surface area (Å²) in [4.78, 5) is 0. The number of nitrogens with one attached hydrogen (secondary N) is 1. The van der Waals surface area contributed by atoms with E-state index in [2.05, 4.69) is 16.4 Å². The van der Waals surface area contributed by atoms with Gasteiger partial charge in [0.15, 0.2) is 0 Å². The van der Waals surface area contributed by atoms with Gasteiger partial charge in [0, 0.05) is 18.9 Å². The van der Waals surface area contributed by atoms with Crippen LogP contribution in [-0.2, 0) is 0 Å². The highest BCUT2D eigenvalue weighted by Crippen LogP contribution is 2.16. The van der Waals surface area contributed by atoms with E-state index in [1.165, 1.54) is 0 Å². The van der Waals surface area contributed by atoms with Crippen molar-refractivity contribution in [2.75, 3.05) is 6.54 Å². The van der Waals surface area contributed by atoms with Gasteiger partial charge in [-0.2, -0.15) is 0 Å². The lowest BCUT2D eigenvalue weighted by atomic mass is 10.0. The minimum Gasteiger partial charge on any atom is -0.409 e. The molecule has 0 aliphatic rings. The molecule has 0 spiro atoms. The quantitative estimate of drug-likeness (QED) is 0.167. The summed E-state index contributed by atoms with van der Waals surface area (Å²) in [6.07, 6.45) is 8.53. The average molecular weight is 259 g/mol. The standard InChI is InChI=1S/C15H21N3O/c1-2-3-4-8-11-17-14(12-15(16)18-19)13-9-6-5-7-10-13/h1,5-7,9-10,14,17,19H,3-4,8,11-12H2,(H2,16,18). The van der Waals surface area contributed by atoms with E-state index in [1.54, 1.807) is 0 Å². The fourth-order valence-corrected chi connectivity index (χ4v) is 1.87. The van der Waals surface area contributed by atoms with Crippen LogP contribution in [0.15, 0.2) is 35.5 Å². The topological polar surface area (TPSA) is 70.6 Å². The summed E-state index contributed by atoms with van der Waals surface area (Å²) >= 11 is 0. The van der Waals surface area contributed by atoms with Crippen LogP contribution in [0.2, 0.25) is 0 Å². The molecule has 0 aromatic heterocycles. The lowest BCUT2D eigenvalue weighted by molar-refractivity contribution is 0.315. The number of terminal acetylenes is 1. The predicted octanol–water partition coefficient (Wildman–Crippen LogP) is 2.26. The lowest BCUT2D eigenvalue weighted by Crippen LogP contribution is -2.27. The third-order valence-electron chi connectivity index (χ3n) is 2.88. The van der Waals surface area contributed by atoms with Crippen LogP contribution in [-0.4, -0.2) is 17.6 Å². The third kappa shape index (κ3) is 5.94. The van der Waals surface area contributed by atoms with E-state index in [0.717, 1.165) is 31.4 Å². The van der Waals surface area contributed by atoms with Gasteiger partial charge >= 0.3 is 0 Å². The summed E-state index contributed by atoms with van der Waals surface area (Å²) in [5, 5.41) is 15.1. The number of benzene rings is 1. The van der Waals surface area contributed by atoms with Crippen molar-refractivity contribution in [2.45, 2.75) is 31.7 Å².